The van der Waals surface area contributed by atoms with Crippen molar-refractivity contribution in [2.24, 2.45) is 0 Å². The molecule has 24 heavy (non-hydrogen) atoms. The van der Waals surface area contributed by atoms with Gasteiger partial charge in [0.1, 0.15) is 5.75 Å². The van der Waals surface area contributed by atoms with E-state index in [2.05, 4.69) is 5.32 Å². The van der Waals surface area contributed by atoms with E-state index in [-0.39, 0.29) is 28.2 Å². The first-order valence-electron chi connectivity index (χ1n) is 7.87. The smallest absolute Gasteiger partial charge is 0.253 e. The van der Waals surface area contributed by atoms with E-state index in [0.29, 0.717) is 13.0 Å². The molecule has 6 heteroatoms. The van der Waals surface area contributed by atoms with Crippen LogP contribution in [-0.4, -0.2) is 26.7 Å². The number of carbonyl (C=O) groups is 1. The lowest BCUT2D eigenvalue weighted by Crippen LogP contribution is -2.33. The number of para-hydroxylation sites is 1. The number of ether oxygens (including phenoxy) is 1. The zero-order valence-electron chi connectivity index (χ0n) is 13.4. The molecule has 3 rings (SSSR count). The molecule has 0 aliphatic carbocycles. The van der Waals surface area contributed by atoms with Crippen molar-refractivity contribution in [2.45, 2.75) is 24.3 Å². The van der Waals surface area contributed by atoms with Crippen LogP contribution >= 0.6 is 0 Å². The Morgan fingerprint density at radius 1 is 1.17 bits per heavy atom. The Morgan fingerprint density at radius 3 is 2.67 bits per heavy atom. The van der Waals surface area contributed by atoms with Crippen molar-refractivity contribution in [3.8, 4) is 5.75 Å². The number of hydrogen-bond donors (Lipinski definition) is 1. The number of hydrogen-bond acceptors (Lipinski definition) is 4. The highest BCUT2D eigenvalue weighted by Gasteiger charge is 2.26. The van der Waals surface area contributed by atoms with Gasteiger partial charge >= 0.3 is 0 Å². The van der Waals surface area contributed by atoms with Gasteiger partial charge in [-0.1, -0.05) is 37.3 Å². The Morgan fingerprint density at radius 2 is 1.88 bits per heavy atom. The summed E-state index contributed by atoms with van der Waals surface area (Å²) in [6.45, 7) is 2.08. The summed E-state index contributed by atoms with van der Waals surface area (Å²) in [7, 11) is -3.46. The molecule has 1 aliphatic rings. The van der Waals surface area contributed by atoms with Crippen molar-refractivity contribution in [2.75, 3.05) is 12.4 Å². The second-order valence-electron chi connectivity index (χ2n) is 5.60. The number of fused-ring (bicyclic) bond motifs is 1. The van der Waals surface area contributed by atoms with E-state index < -0.39 is 9.84 Å². The van der Waals surface area contributed by atoms with Crippen molar-refractivity contribution in [1.82, 2.24) is 5.32 Å². The van der Waals surface area contributed by atoms with E-state index in [1.807, 2.05) is 24.3 Å². The lowest BCUT2D eigenvalue weighted by molar-refractivity contribution is 0.0921. The van der Waals surface area contributed by atoms with E-state index >= 15 is 0 Å². The molecule has 0 bridgehead atoms. The summed E-state index contributed by atoms with van der Waals surface area (Å²) in [4.78, 5) is 12.8. The Bertz CT molecular complexity index is 861. The predicted molar refractivity (Wildman–Crippen MR) is 90.9 cm³/mol. The lowest BCUT2D eigenvalue weighted by atomic mass is 10.00. The van der Waals surface area contributed by atoms with Gasteiger partial charge in [-0.3, -0.25) is 4.79 Å². The third kappa shape index (κ3) is 3.14. The van der Waals surface area contributed by atoms with Crippen molar-refractivity contribution < 1.29 is 17.9 Å². The quantitative estimate of drug-likeness (QED) is 0.925. The fraction of sp³-hybridized carbons (Fsp3) is 0.278. The van der Waals surface area contributed by atoms with Crippen LogP contribution in [0.2, 0.25) is 0 Å². The standard InChI is InChI=1S/C18H19NO4S/c1-2-24(21,22)17-10-6-4-8-14(17)18(20)19-15-11-12-23-16-9-5-3-7-13(15)16/h3-10,15H,2,11-12H2,1H3,(H,19,20)/t15-/m0/s1. The number of rotatable bonds is 4. The van der Waals surface area contributed by atoms with Crippen molar-refractivity contribution in [3.63, 3.8) is 0 Å². The minimum absolute atomic E-state index is 0.0443. The van der Waals surface area contributed by atoms with E-state index in [1.165, 1.54) is 6.07 Å². The minimum atomic E-state index is -3.46. The molecule has 0 fully saturated rings. The van der Waals surface area contributed by atoms with Crippen molar-refractivity contribution in [3.05, 3.63) is 59.7 Å². The molecule has 2 aromatic carbocycles. The molecule has 0 saturated carbocycles. The van der Waals surface area contributed by atoms with Gasteiger partial charge in [0.25, 0.3) is 5.91 Å². The topological polar surface area (TPSA) is 72.5 Å². The Balaban J connectivity index is 1.90. The SMILES string of the molecule is CCS(=O)(=O)c1ccccc1C(=O)N[C@H]1CCOc2ccccc21. The van der Waals surface area contributed by atoms with Crippen LogP contribution in [0, 0.1) is 0 Å². The van der Waals surface area contributed by atoms with Crippen LogP contribution in [-0.2, 0) is 9.84 Å². The highest BCUT2D eigenvalue weighted by molar-refractivity contribution is 7.91. The summed E-state index contributed by atoms with van der Waals surface area (Å²) in [6, 6.07) is 13.7. The number of sulfone groups is 1. The molecule has 0 saturated heterocycles. The molecule has 1 heterocycles. The van der Waals surface area contributed by atoms with Gasteiger partial charge < -0.3 is 10.1 Å². The van der Waals surface area contributed by atoms with Crippen LogP contribution in [0.3, 0.4) is 0 Å². The molecule has 0 radical (unpaired) electrons. The summed E-state index contributed by atoms with van der Waals surface area (Å²) in [5.41, 5.74) is 1.09. The average Bonchev–Trinajstić information content (AvgIpc) is 2.62. The summed E-state index contributed by atoms with van der Waals surface area (Å²) in [5.74, 6) is 0.324. The highest BCUT2D eigenvalue weighted by Crippen LogP contribution is 2.32. The molecule has 0 spiro atoms. The van der Waals surface area contributed by atoms with Crippen LogP contribution in [0.15, 0.2) is 53.4 Å². The Hall–Kier alpha value is -2.34. The number of amides is 1. The second kappa shape index (κ2) is 6.65. The van der Waals surface area contributed by atoms with Crippen LogP contribution in [0.4, 0.5) is 0 Å². The van der Waals surface area contributed by atoms with Crippen LogP contribution < -0.4 is 10.1 Å². The van der Waals surface area contributed by atoms with Crippen LogP contribution in [0.5, 0.6) is 5.75 Å². The van der Waals surface area contributed by atoms with Gasteiger partial charge in [0.15, 0.2) is 9.84 Å². The van der Waals surface area contributed by atoms with E-state index in [9.17, 15) is 13.2 Å². The molecular formula is C18H19NO4S. The summed E-state index contributed by atoms with van der Waals surface area (Å²) >= 11 is 0. The maximum Gasteiger partial charge on any atom is 0.253 e. The molecule has 2 aromatic rings. The lowest BCUT2D eigenvalue weighted by Gasteiger charge is -2.26. The van der Waals surface area contributed by atoms with Gasteiger partial charge in [-0.15, -0.1) is 0 Å². The van der Waals surface area contributed by atoms with Crippen molar-refractivity contribution in [1.29, 1.82) is 0 Å². The number of carbonyl (C=O) groups excluding carboxylic acids is 1. The first kappa shape index (κ1) is 16.5. The first-order chi connectivity index (χ1) is 11.5. The summed E-state index contributed by atoms with van der Waals surface area (Å²) in [6.07, 6.45) is 0.644. The predicted octanol–water partition coefficient (Wildman–Crippen LogP) is 2.73. The average molecular weight is 345 g/mol. The molecule has 5 nitrogen and oxygen atoms in total. The third-order valence-electron chi connectivity index (χ3n) is 4.11. The van der Waals surface area contributed by atoms with Gasteiger partial charge in [0.2, 0.25) is 0 Å². The number of benzene rings is 2. The number of nitrogens with one attached hydrogen (secondary N) is 1. The molecule has 1 amide bonds. The monoisotopic (exact) mass is 345 g/mol. The molecule has 0 unspecified atom stereocenters. The summed E-state index contributed by atoms with van der Waals surface area (Å²) in [5, 5.41) is 2.94. The first-order valence-corrected chi connectivity index (χ1v) is 9.52. The molecule has 126 valence electrons. The molecule has 0 aromatic heterocycles. The zero-order valence-corrected chi connectivity index (χ0v) is 14.2. The molecule has 1 N–H and O–H groups in total. The fourth-order valence-electron chi connectivity index (χ4n) is 2.81. The normalized spacial score (nSPS) is 16.8. The maximum absolute atomic E-state index is 12.7. The highest BCUT2D eigenvalue weighted by atomic mass is 32.2. The van der Waals surface area contributed by atoms with Crippen LogP contribution in [0.1, 0.15) is 35.3 Å². The Kier molecular flexibility index (Phi) is 4.57. The summed E-state index contributed by atoms with van der Waals surface area (Å²) < 4.78 is 30.0. The van der Waals surface area contributed by atoms with Gasteiger partial charge in [-0.2, -0.15) is 0 Å². The van der Waals surface area contributed by atoms with E-state index in [4.69, 9.17) is 4.74 Å². The molecule has 1 aliphatic heterocycles. The van der Waals surface area contributed by atoms with E-state index in [1.54, 1.807) is 25.1 Å². The van der Waals surface area contributed by atoms with Crippen LogP contribution in [0.25, 0.3) is 0 Å². The van der Waals surface area contributed by atoms with Crippen molar-refractivity contribution >= 4 is 15.7 Å². The maximum atomic E-state index is 12.7. The van der Waals surface area contributed by atoms with Gasteiger partial charge in [-0.25, -0.2) is 8.42 Å². The zero-order chi connectivity index (χ0) is 17.2. The van der Waals surface area contributed by atoms with Gasteiger partial charge in [0.05, 0.1) is 28.9 Å². The second-order valence-corrected chi connectivity index (χ2v) is 7.85. The van der Waals surface area contributed by atoms with Gasteiger partial charge in [-0.05, 0) is 18.2 Å². The minimum Gasteiger partial charge on any atom is -0.493 e. The van der Waals surface area contributed by atoms with E-state index in [0.717, 1.165) is 11.3 Å². The molecular weight excluding hydrogens is 326 g/mol. The molecule has 1 atom stereocenters. The largest absolute Gasteiger partial charge is 0.493 e. The fourth-order valence-corrected chi connectivity index (χ4v) is 3.90. The Labute approximate surface area is 141 Å². The van der Waals surface area contributed by atoms with Gasteiger partial charge in [0, 0.05) is 12.0 Å². The third-order valence-corrected chi connectivity index (χ3v) is 5.90.